The highest BCUT2D eigenvalue weighted by Crippen LogP contribution is 2.30. The smallest absolute Gasteiger partial charge is 0.159 e. The van der Waals surface area contributed by atoms with Gasteiger partial charge in [0, 0.05) is 24.0 Å². The summed E-state index contributed by atoms with van der Waals surface area (Å²) in [5.74, 6) is 0. The minimum absolute atomic E-state index is 0.914. The Balaban J connectivity index is 2.18. The van der Waals surface area contributed by atoms with Crippen LogP contribution in [0.5, 0.6) is 0 Å². The molecule has 0 N–H and O–H groups in total. The zero-order chi connectivity index (χ0) is 11.0. The molecular formula is C12H7BrN2S. The molecule has 2 nitrogen and oxygen atoms in total. The molecule has 0 unspecified atom stereocenters. The van der Waals surface area contributed by atoms with E-state index in [0.717, 1.165) is 9.30 Å². The van der Waals surface area contributed by atoms with Crippen molar-refractivity contribution in [1.82, 2.24) is 9.97 Å². The SMILES string of the molecule is Brc1ncc(-c2ccc3cnccc3c2)s1. The van der Waals surface area contributed by atoms with E-state index >= 15 is 0 Å². The minimum atomic E-state index is 0.914. The Kier molecular flexibility index (Phi) is 2.46. The number of benzene rings is 1. The maximum atomic E-state index is 4.20. The van der Waals surface area contributed by atoms with Crippen LogP contribution in [0, 0.1) is 0 Å². The van der Waals surface area contributed by atoms with Crippen molar-refractivity contribution in [3.63, 3.8) is 0 Å². The normalized spacial score (nSPS) is 10.8. The van der Waals surface area contributed by atoms with Gasteiger partial charge in [0.25, 0.3) is 0 Å². The van der Waals surface area contributed by atoms with Gasteiger partial charge in [0.1, 0.15) is 0 Å². The van der Waals surface area contributed by atoms with Gasteiger partial charge in [-0.15, -0.1) is 11.3 Å². The summed E-state index contributed by atoms with van der Waals surface area (Å²) in [6.07, 6.45) is 5.58. The summed E-state index contributed by atoms with van der Waals surface area (Å²) in [6.45, 7) is 0. The molecule has 2 aromatic heterocycles. The number of hydrogen-bond acceptors (Lipinski definition) is 3. The van der Waals surface area contributed by atoms with Crippen molar-refractivity contribution in [2.45, 2.75) is 0 Å². The van der Waals surface area contributed by atoms with Gasteiger partial charge < -0.3 is 0 Å². The summed E-state index contributed by atoms with van der Waals surface area (Å²) in [5, 5.41) is 2.37. The van der Waals surface area contributed by atoms with Gasteiger partial charge in [0.15, 0.2) is 3.92 Å². The van der Waals surface area contributed by atoms with Gasteiger partial charge >= 0.3 is 0 Å². The number of nitrogens with zero attached hydrogens (tertiary/aromatic N) is 2. The van der Waals surface area contributed by atoms with E-state index in [2.05, 4.69) is 44.1 Å². The summed E-state index contributed by atoms with van der Waals surface area (Å²) >= 11 is 5.02. The fraction of sp³-hybridized carbons (Fsp3) is 0. The molecule has 0 bridgehead atoms. The molecule has 3 rings (SSSR count). The topological polar surface area (TPSA) is 25.8 Å². The Bertz CT molecular complexity index is 648. The molecule has 2 heterocycles. The van der Waals surface area contributed by atoms with Crippen LogP contribution in [0.1, 0.15) is 0 Å². The fourth-order valence-electron chi connectivity index (χ4n) is 1.62. The third-order valence-corrected chi connectivity index (χ3v) is 3.93. The molecule has 0 fully saturated rings. The predicted molar refractivity (Wildman–Crippen MR) is 70.6 cm³/mol. The Hall–Kier alpha value is -1.26. The molecule has 16 heavy (non-hydrogen) atoms. The molecule has 0 aliphatic rings. The number of pyridine rings is 1. The standard InChI is InChI=1S/C12H7BrN2S/c13-12-15-7-11(16-12)9-1-2-10-6-14-4-3-8(10)5-9/h1-7H. The molecule has 0 atom stereocenters. The summed E-state index contributed by atoms with van der Waals surface area (Å²) in [7, 11) is 0. The van der Waals surface area contributed by atoms with Crippen LogP contribution in [-0.2, 0) is 0 Å². The molecule has 0 amide bonds. The maximum Gasteiger partial charge on any atom is 0.159 e. The number of halogens is 1. The van der Waals surface area contributed by atoms with Crippen molar-refractivity contribution >= 4 is 38.0 Å². The van der Waals surface area contributed by atoms with Crippen molar-refractivity contribution in [3.8, 4) is 10.4 Å². The van der Waals surface area contributed by atoms with E-state index in [0.29, 0.717) is 0 Å². The lowest BCUT2D eigenvalue weighted by molar-refractivity contribution is 1.36. The van der Waals surface area contributed by atoms with Crippen LogP contribution >= 0.6 is 27.3 Å². The van der Waals surface area contributed by atoms with Gasteiger partial charge in [0.2, 0.25) is 0 Å². The Morgan fingerprint density at radius 3 is 2.81 bits per heavy atom. The molecule has 3 aromatic rings. The van der Waals surface area contributed by atoms with E-state index in [1.807, 2.05) is 24.7 Å². The number of fused-ring (bicyclic) bond motifs is 1. The average molecular weight is 291 g/mol. The molecule has 0 spiro atoms. The number of thiazole rings is 1. The molecule has 0 saturated heterocycles. The van der Waals surface area contributed by atoms with Gasteiger partial charge in [0.05, 0.1) is 4.88 Å². The first kappa shape index (κ1) is 9.93. The third kappa shape index (κ3) is 1.74. The van der Waals surface area contributed by atoms with E-state index in [4.69, 9.17) is 0 Å². The van der Waals surface area contributed by atoms with E-state index in [1.54, 1.807) is 11.3 Å². The van der Waals surface area contributed by atoms with Crippen LogP contribution in [-0.4, -0.2) is 9.97 Å². The van der Waals surface area contributed by atoms with Crippen molar-refractivity contribution in [3.05, 3.63) is 46.8 Å². The monoisotopic (exact) mass is 290 g/mol. The highest BCUT2D eigenvalue weighted by molar-refractivity contribution is 9.11. The van der Waals surface area contributed by atoms with Crippen LogP contribution in [0.4, 0.5) is 0 Å². The Morgan fingerprint density at radius 1 is 1.06 bits per heavy atom. The summed E-state index contributed by atoms with van der Waals surface area (Å²) < 4.78 is 0.914. The largest absolute Gasteiger partial charge is 0.264 e. The first-order chi connectivity index (χ1) is 7.83. The third-order valence-electron chi connectivity index (χ3n) is 2.40. The lowest BCUT2D eigenvalue weighted by Crippen LogP contribution is -1.77. The number of aromatic nitrogens is 2. The first-order valence-corrected chi connectivity index (χ1v) is 6.39. The lowest BCUT2D eigenvalue weighted by Gasteiger charge is -2.00. The highest BCUT2D eigenvalue weighted by atomic mass is 79.9. The van der Waals surface area contributed by atoms with Crippen molar-refractivity contribution in [2.75, 3.05) is 0 Å². The van der Waals surface area contributed by atoms with Crippen molar-refractivity contribution in [2.24, 2.45) is 0 Å². The lowest BCUT2D eigenvalue weighted by atomic mass is 10.1. The Labute approximate surface area is 105 Å². The molecule has 0 radical (unpaired) electrons. The van der Waals surface area contributed by atoms with E-state index in [-0.39, 0.29) is 0 Å². The summed E-state index contributed by atoms with van der Waals surface area (Å²) in [4.78, 5) is 9.47. The average Bonchev–Trinajstić information content (AvgIpc) is 2.75. The molecule has 4 heteroatoms. The zero-order valence-electron chi connectivity index (χ0n) is 8.22. The Morgan fingerprint density at radius 2 is 2.00 bits per heavy atom. The van der Waals surface area contributed by atoms with Crippen molar-refractivity contribution < 1.29 is 0 Å². The fourth-order valence-corrected chi connectivity index (χ4v) is 2.89. The molecular weight excluding hydrogens is 284 g/mol. The van der Waals surface area contributed by atoms with Crippen LogP contribution in [0.15, 0.2) is 46.8 Å². The van der Waals surface area contributed by atoms with Gasteiger partial charge in [-0.3, -0.25) is 4.98 Å². The summed E-state index contributed by atoms with van der Waals surface area (Å²) in [5.41, 5.74) is 1.20. The van der Waals surface area contributed by atoms with E-state index < -0.39 is 0 Å². The molecule has 0 aliphatic heterocycles. The predicted octanol–water partition coefficient (Wildman–Crippen LogP) is 4.12. The number of hydrogen-bond donors (Lipinski definition) is 0. The van der Waals surface area contributed by atoms with E-state index in [9.17, 15) is 0 Å². The second-order valence-electron chi connectivity index (χ2n) is 3.42. The van der Waals surface area contributed by atoms with Crippen LogP contribution in [0.3, 0.4) is 0 Å². The van der Waals surface area contributed by atoms with Crippen molar-refractivity contribution in [1.29, 1.82) is 0 Å². The van der Waals surface area contributed by atoms with Gasteiger partial charge in [-0.1, -0.05) is 12.1 Å². The molecule has 0 aliphatic carbocycles. The second kappa shape index (κ2) is 3.96. The van der Waals surface area contributed by atoms with Crippen LogP contribution in [0.2, 0.25) is 0 Å². The van der Waals surface area contributed by atoms with E-state index in [1.165, 1.54) is 15.8 Å². The van der Waals surface area contributed by atoms with Crippen LogP contribution in [0.25, 0.3) is 21.2 Å². The van der Waals surface area contributed by atoms with Gasteiger partial charge in [-0.2, -0.15) is 0 Å². The highest BCUT2D eigenvalue weighted by Gasteiger charge is 2.03. The summed E-state index contributed by atoms with van der Waals surface area (Å²) in [6, 6.07) is 8.38. The quantitative estimate of drug-likeness (QED) is 0.674. The second-order valence-corrected chi connectivity index (χ2v) is 5.72. The molecule has 78 valence electrons. The molecule has 1 aromatic carbocycles. The van der Waals surface area contributed by atoms with Crippen LogP contribution < -0.4 is 0 Å². The first-order valence-electron chi connectivity index (χ1n) is 4.78. The maximum absolute atomic E-state index is 4.20. The zero-order valence-corrected chi connectivity index (χ0v) is 10.6. The van der Waals surface area contributed by atoms with Gasteiger partial charge in [-0.05, 0) is 39.0 Å². The van der Waals surface area contributed by atoms with Gasteiger partial charge in [-0.25, -0.2) is 4.98 Å². The number of rotatable bonds is 1. The minimum Gasteiger partial charge on any atom is -0.264 e. The molecule has 0 saturated carbocycles.